The van der Waals surface area contributed by atoms with E-state index in [1.807, 2.05) is 6.92 Å². The maximum absolute atomic E-state index is 12.5. The third-order valence-electron chi connectivity index (χ3n) is 3.09. The van der Waals surface area contributed by atoms with Crippen molar-refractivity contribution in [3.8, 4) is 0 Å². The molecule has 2 rings (SSSR count). The van der Waals surface area contributed by atoms with Gasteiger partial charge in [-0.3, -0.25) is 4.68 Å². The molecule has 21 heavy (non-hydrogen) atoms. The Morgan fingerprint density at radius 2 is 1.86 bits per heavy atom. The molecule has 1 aromatic carbocycles. The smallest absolute Gasteiger partial charge is 0.243 e. The van der Waals surface area contributed by atoms with E-state index in [1.165, 1.54) is 4.31 Å². The zero-order chi connectivity index (χ0) is 15.6. The molecule has 8 heteroatoms. The molecule has 0 aliphatic rings. The van der Waals surface area contributed by atoms with Crippen molar-refractivity contribution in [3.63, 3.8) is 0 Å². The Hall–Kier alpha value is -0.700. The van der Waals surface area contributed by atoms with Gasteiger partial charge in [0.2, 0.25) is 10.0 Å². The second-order valence-corrected chi connectivity index (χ2v) is 8.28. The predicted octanol–water partition coefficient (Wildman–Crippen LogP) is 3.25. The maximum atomic E-state index is 12.5. The van der Waals surface area contributed by atoms with Crippen molar-refractivity contribution in [1.29, 1.82) is 0 Å². The molecule has 0 aliphatic carbocycles. The van der Waals surface area contributed by atoms with Crippen molar-refractivity contribution in [2.24, 2.45) is 0 Å². The molecule has 5 nitrogen and oxygen atoms in total. The van der Waals surface area contributed by atoms with Crippen LogP contribution >= 0.6 is 31.9 Å². The minimum atomic E-state index is -3.52. The summed E-state index contributed by atoms with van der Waals surface area (Å²) in [6, 6.07) is 6.60. The van der Waals surface area contributed by atoms with Gasteiger partial charge in [0.15, 0.2) is 0 Å². The predicted molar refractivity (Wildman–Crippen MR) is 88.4 cm³/mol. The Morgan fingerprint density at radius 1 is 1.24 bits per heavy atom. The van der Waals surface area contributed by atoms with Crippen LogP contribution in [0.4, 0.5) is 0 Å². The van der Waals surface area contributed by atoms with E-state index in [-0.39, 0.29) is 11.4 Å². The number of aryl methyl sites for hydroxylation is 1. The van der Waals surface area contributed by atoms with E-state index < -0.39 is 10.0 Å². The Labute approximate surface area is 141 Å². The van der Waals surface area contributed by atoms with E-state index in [1.54, 1.807) is 42.2 Å². The van der Waals surface area contributed by atoms with Crippen LogP contribution in [-0.4, -0.2) is 29.6 Å². The summed E-state index contributed by atoms with van der Waals surface area (Å²) in [5.74, 6) is 0. The van der Waals surface area contributed by atoms with Crippen molar-refractivity contribution >= 4 is 41.9 Å². The Balaban J connectivity index is 2.28. The van der Waals surface area contributed by atoms with Gasteiger partial charge in [-0.15, -0.1) is 0 Å². The highest BCUT2D eigenvalue weighted by atomic mass is 79.9. The van der Waals surface area contributed by atoms with Crippen molar-refractivity contribution in [1.82, 2.24) is 14.1 Å². The van der Waals surface area contributed by atoms with Crippen LogP contribution in [0.15, 0.2) is 44.3 Å². The van der Waals surface area contributed by atoms with Gasteiger partial charge in [-0.25, -0.2) is 8.42 Å². The molecule has 2 aromatic rings. The molecule has 0 fully saturated rings. The number of halogens is 2. The molecule has 0 bridgehead atoms. The average molecular weight is 437 g/mol. The van der Waals surface area contributed by atoms with Gasteiger partial charge >= 0.3 is 0 Å². The molecule has 0 amide bonds. The maximum Gasteiger partial charge on any atom is 0.243 e. The summed E-state index contributed by atoms with van der Waals surface area (Å²) in [7, 11) is -1.96. The second-order valence-electron chi connectivity index (χ2n) is 4.47. The molecule has 114 valence electrons. The topological polar surface area (TPSA) is 55.2 Å². The summed E-state index contributed by atoms with van der Waals surface area (Å²) < 4.78 is 29.8. The van der Waals surface area contributed by atoms with Crippen LogP contribution in [0.2, 0.25) is 0 Å². The zero-order valence-electron chi connectivity index (χ0n) is 11.6. The lowest BCUT2D eigenvalue weighted by atomic mass is 10.4. The summed E-state index contributed by atoms with van der Waals surface area (Å²) in [6.07, 6.45) is 1.68. The van der Waals surface area contributed by atoms with E-state index >= 15 is 0 Å². The largest absolute Gasteiger partial charge is 0.267 e. The quantitative estimate of drug-likeness (QED) is 0.722. The van der Waals surface area contributed by atoms with Gasteiger partial charge in [0.05, 0.1) is 27.8 Å². The third-order valence-corrected chi connectivity index (χ3v) is 6.10. The SMILES string of the molecule is CCn1ncc(Br)c1CN(C)S(=O)(=O)c1ccc(Br)cc1. The number of nitrogens with zero attached hydrogens (tertiary/aromatic N) is 3. The van der Waals surface area contributed by atoms with Crippen molar-refractivity contribution < 1.29 is 8.42 Å². The zero-order valence-corrected chi connectivity index (χ0v) is 15.6. The summed E-state index contributed by atoms with van der Waals surface area (Å²) in [5.41, 5.74) is 0.834. The lowest BCUT2D eigenvalue weighted by Crippen LogP contribution is -2.27. The molecule has 0 radical (unpaired) electrons. The van der Waals surface area contributed by atoms with Gasteiger partial charge in [-0.05, 0) is 47.1 Å². The van der Waals surface area contributed by atoms with E-state index in [4.69, 9.17) is 0 Å². The number of sulfonamides is 1. The molecule has 0 aliphatic heterocycles. The van der Waals surface area contributed by atoms with Crippen LogP contribution in [0.5, 0.6) is 0 Å². The van der Waals surface area contributed by atoms with Crippen molar-refractivity contribution in [2.45, 2.75) is 24.9 Å². The van der Waals surface area contributed by atoms with Gasteiger partial charge < -0.3 is 0 Å². The van der Waals surface area contributed by atoms with E-state index in [2.05, 4.69) is 37.0 Å². The molecule has 0 N–H and O–H groups in total. The number of aromatic nitrogens is 2. The van der Waals surface area contributed by atoms with Crippen molar-refractivity contribution in [3.05, 3.63) is 45.1 Å². The first-order valence-corrected chi connectivity index (χ1v) is 9.31. The van der Waals surface area contributed by atoms with Gasteiger partial charge in [0.25, 0.3) is 0 Å². The van der Waals surface area contributed by atoms with Gasteiger partial charge in [-0.1, -0.05) is 15.9 Å². The Kier molecular flexibility index (Phi) is 5.24. The monoisotopic (exact) mass is 435 g/mol. The van der Waals surface area contributed by atoms with Gasteiger partial charge in [-0.2, -0.15) is 9.40 Å². The van der Waals surface area contributed by atoms with Gasteiger partial charge in [0.1, 0.15) is 0 Å². The molecular weight excluding hydrogens is 422 g/mol. The van der Waals surface area contributed by atoms with Gasteiger partial charge in [0, 0.05) is 18.1 Å². The molecule has 0 atom stereocenters. The lowest BCUT2D eigenvalue weighted by molar-refractivity contribution is 0.446. The van der Waals surface area contributed by atoms with E-state index in [9.17, 15) is 8.42 Å². The molecule has 0 saturated carbocycles. The van der Waals surface area contributed by atoms with Crippen molar-refractivity contribution in [2.75, 3.05) is 7.05 Å². The summed E-state index contributed by atoms with van der Waals surface area (Å²) in [6.45, 7) is 2.91. The first-order valence-electron chi connectivity index (χ1n) is 6.28. The lowest BCUT2D eigenvalue weighted by Gasteiger charge is -2.18. The highest BCUT2D eigenvalue weighted by Gasteiger charge is 2.23. The highest BCUT2D eigenvalue weighted by molar-refractivity contribution is 9.10. The second kappa shape index (κ2) is 6.60. The van der Waals surface area contributed by atoms with E-state index in [0.29, 0.717) is 6.54 Å². The number of rotatable bonds is 5. The molecule has 1 aromatic heterocycles. The third kappa shape index (κ3) is 3.56. The number of hydrogen-bond donors (Lipinski definition) is 0. The van der Waals surface area contributed by atoms with Crippen LogP contribution in [0.3, 0.4) is 0 Å². The minimum Gasteiger partial charge on any atom is -0.267 e. The van der Waals surface area contributed by atoms with Crippen LogP contribution in [-0.2, 0) is 23.1 Å². The van der Waals surface area contributed by atoms with Crippen LogP contribution in [0.1, 0.15) is 12.6 Å². The normalized spacial score (nSPS) is 12.0. The first-order chi connectivity index (χ1) is 9.86. The van der Waals surface area contributed by atoms with Crippen LogP contribution < -0.4 is 0 Å². The fraction of sp³-hybridized carbons (Fsp3) is 0.308. The molecule has 0 saturated heterocycles. The van der Waals surface area contributed by atoms with Crippen LogP contribution in [0, 0.1) is 0 Å². The fourth-order valence-electron chi connectivity index (χ4n) is 1.90. The Bertz CT molecular complexity index is 726. The standard InChI is InChI=1S/C13H15Br2N3O2S/c1-3-18-13(12(15)8-16-18)9-17(2)21(19,20)11-6-4-10(14)5-7-11/h4-8H,3,9H2,1-2H3. The Morgan fingerprint density at radius 3 is 2.43 bits per heavy atom. The summed E-state index contributed by atoms with van der Waals surface area (Å²) in [4.78, 5) is 0.270. The summed E-state index contributed by atoms with van der Waals surface area (Å²) in [5, 5.41) is 4.20. The number of benzene rings is 1. The average Bonchev–Trinajstić information content (AvgIpc) is 2.80. The molecular formula is C13H15Br2N3O2S. The highest BCUT2D eigenvalue weighted by Crippen LogP contribution is 2.22. The van der Waals surface area contributed by atoms with Crippen LogP contribution in [0.25, 0.3) is 0 Å². The number of hydrogen-bond acceptors (Lipinski definition) is 3. The fourth-order valence-corrected chi connectivity index (χ4v) is 3.72. The summed E-state index contributed by atoms with van der Waals surface area (Å²) >= 11 is 6.71. The minimum absolute atomic E-state index is 0.257. The molecule has 1 heterocycles. The van der Waals surface area contributed by atoms with E-state index in [0.717, 1.165) is 14.6 Å². The molecule has 0 unspecified atom stereocenters. The first kappa shape index (κ1) is 16.7. The molecule has 0 spiro atoms.